The molecule has 3 nitrogen and oxygen atoms in total. The van der Waals surface area contributed by atoms with Crippen molar-refractivity contribution in [1.29, 1.82) is 0 Å². The quantitative estimate of drug-likeness (QED) is 0.193. The van der Waals surface area contributed by atoms with Crippen molar-refractivity contribution in [3.63, 3.8) is 0 Å². The maximum Gasteiger partial charge on any atom is 0.227 e. The molecular weight excluding hydrogens is 560 g/mol. The maximum atomic E-state index is 6.45. The van der Waals surface area contributed by atoms with Crippen LogP contribution in [-0.2, 0) is 0 Å². The summed E-state index contributed by atoms with van der Waals surface area (Å²) in [5.74, 6) is 1.48. The Hall–Kier alpha value is -6.19. The predicted molar refractivity (Wildman–Crippen MR) is 189 cm³/mol. The smallest absolute Gasteiger partial charge is 0.227 e. The second kappa shape index (κ2) is 10.8. The van der Waals surface area contributed by atoms with Gasteiger partial charge < -0.3 is 9.32 Å². The number of hydrogen-bond acceptors (Lipinski definition) is 3. The maximum absolute atomic E-state index is 6.45. The van der Waals surface area contributed by atoms with Crippen molar-refractivity contribution < 1.29 is 4.42 Å². The summed E-state index contributed by atoms with van der Waals surface area (Å²) >= 11 is 0. The summed E-state index contributed by atoms with van der Waals surface area (Å²) in [6.45, 7) is 0. The highest BCUT2D eigenvalue weighted by molar-refractivity contribution is 6.15. The van der Waals surface area contributed by atoms with E-state index in [-0.39, 0.29) is 0 Å². The fourth-order valence-corrected chi connectivity index (χ4v) is 6.64. The van der Waals surface area contributed by atoms with Crippen LogP contribution in [0.3, 0.4) is 0 Å². The molecule has 8 aromatic rings. The van der Waals surface area contributed by atoms with Crippen LogP contribution in [-0.4, -0.2) is 4.98 Å². The standard InChI is InChI=1S/C43H28N2O/c1-4-12-29(13-5-1)31-22-24-35(25-23-31)45(36-20-10-18-33(26-36)30-14-6-2-7-15-30)37-27-34-19-11-21-38-40(34)39(28-37)41-42(38)46-43(44-41)32-16-8-3-9-17-32/h1-28H. The number of oxazole rings is 1. The van der Waals surface area contributed by atoms with Crippen molar-refractivity contribution in [3.8, 4) is 56.3 Å². The van der Waals surface area contributed by atoms with E-state index in [0.717, 1.165) is 50.6 Å². The average molecular weight is 589 g/mol. The fraction of sp³-hybridized carbons (Fsp3) is 0. The highest BCUT2D eigenvalue weighted by atomic mass is 16.4. The van der Waals surface area contributed by atoms with Gasteiger partial charge in [0, 0.05) is 39.1 Å². The molecule has 216 valence electrons. The zero-order valence-corrected chi connectivity index (χ0v) is 25.0. The summed E-state index contributed by atoms with van der Waals surface area (Å²) in [5.41, 5.74) is 12.0. The molecule has 46 heavy (non-hydrogen) atoms. The topological polar surface area (TPSA) is 29.3 Å². The molecule has 1 aliphatic rings. The first-order chi connectivity index (χ1) is 22.8. The molecule has 0 aliphatic heterocycles. The monoisotopic (exact) mass is 588 g/mol. The highest BCUT2D eigenvalue weighted by Crippen LogP contribution is 2.51. The Kier molecular flexibility index (Phi) is 6.14. The summed E-state index contributed by atoms with van der Waals surface area (Å²) in [6, 6.07) is 59.8. The van der Waals surface area contributed by atoms with Gasteiger partial charge in [-0.1, -0.05) is 121 Å². The van der Waals surface area contributed by atoms with Crippen LogP contribution in [0.4, 0.5) is 17.1 Å². The van der Waals surface area contributed by atoms with Gasteiger partial charge in [0.05, 0.1) is 0 Å². The largest absolute Gasteiger partial charge is 0.435 e. The molecule has 0 spiro atoms. The van der Waals surface area contributed by atoms with Crippen LogP contribution in [0.15, 0.2) is 174 Å². The van der Waals surface area contributed by atoms with Crippen LogP contribution in [0.25, 0.3) is 67.1 Å². The van der Waals surface area contributed by atoms with E-state index in [4.69, 9.17) is 9.40 Å². The van der Waals surface area contributed by atoms with Crippen LogP contribution in [0.2, 0.25) is 0 Å². The Bertz CT molecular complexity index is 2340. The Balaban J connectivity index is 1.23. The van der Waals surface area contributed by atoms with E-state index in [1.807, 2.05) is 30.3 Å². The Morgan fingerprint density at radius 3 is 1.74 bits per heavy atom. The van der Waals surface area contributed by atoms with E-state index in [1.165, 1.54) is 27.6 Å². The summed E-state index contributed by atoms with van der Waals surface area (Å²) in [5, 5.41) is 2.34. The normalized spacial score (nSPS) is 11.5. The SMILES string of the molecule is c1ccc(-c2ccc(N(c3cccc(-c4ccccc4)c3)c3cc4c5c(cccc5c3)-c3oc(-c5ccccc5)nc3-4)cc2)cc1. The van der Waals surface area contributed by atoms with E-state index in [0.29, 0.717) is 5.89 Å². The summed E-state index contributed by atoms with van der Waals surface area (Å²) in [6.07, 6.45) is 0. The molecule has 0 atom stereocenters. The van der Waals surface area contributed by atoms with Crippen molar-refractivity contribution in [2.24, 2.45) is 0 Å². The summed E-state index contributed by atoms with van der Waals surface area (Å²) in [7, 11) is 0. The average Bonchev–Trinajstić information content (AvgIpc) is 3.70. The van der Waals surface area contributed by atoms with Crippen LogP contribution in [0.5, 0.6) is 0 Å². The zero-order valence-electron chi connectivity index (χ0n) is 25.0. The van der Waals surface area contributed by atoms with Crippen molar-refractivity contribution in [3.05, 3.63) is 170 Å². The third kappa shape index (κ3) is 4.41. The van der Waals surface area contributed by atoms with Gasteiger partial charge in [-0.2, -0.15) is 0 Å². The lowest BCUT2D eigenvalue weighted by Gasteiger charge is -2.27. The molecular formula is C43H28N2O. The van der Waals surface area contributed by atoms with Gasteiger partial charge in [0.25, 0.3) is 0 Å². The second-order valence-electron chi connectivity index (χ2n) is 11.6. The predicted octanol–water partition coefficient (Wildman–Crippen LogP) is 11.9. The van der Waals surface area contributed by atoms with E-state index >= 15 is 0 Å². The minimum Gasteiger partial charge on any atom is -0.435 e. The molecule has 0 radical (unpaired) electrons. The molecule has 1 aliphatic carbocycles. The van der Waals surface area contributed by atoms with Crippen molar-refractivity contribution in [2.45, 2.75) is 0 Å². The van der Waals surface area contributed by atoms with E-state index < -0.39 is 0 Å². The Morgan fingerprint density at radius 2 is 1.02 bits per heavy atom. The molecule has 0 N–H and O–H groups in total. The van der Waals surface area contributed by atoms with Gasteiger partial charge >= 0.3 is 0 Å². The Morgan fingerprint density at radius 1 is 0.413 bits per heavy atom. The minimum atomic E-state index is 0.641. The first-order valence-electron chi connectivity index (χ1n) is 15.5. The van der Waals surface area contributed by atoms with Crippen molar-refractivity contribution >= 4 is 27.8 Å². The lowest BCUT2D eigenvalue weighted by Crippen LogP contribution is -2.10. The molecule has 0 bridgehead atoms. The number of hydrogen-bond donors (Lipinski definition) is 0. The lowest BCUT2D eigenvalue weighted by molar-refractivity contribution is 0.590. The number of rotatable bonds is 6. The van der Waals surface area contributed by atoms with E-state index in [1.54, 1.807) is 0 Å². The second-order valence-corrected chi connectivity index (χ2v) is 11.6. The third-order valence-corrected chi connectivity index (χ3v) is 8.81. The van der Waals surface area contributed by atoms with Gasteiger partial charge in [0.15, 0.2) is 5.76 Å². The first-order valence-corrected chi connectivity index (χ1v) is 15.5. The van der Waals surface area contributed by atoms with Gasteiger partial charge in [0.2, 0.25) is 5.89 Å². The first kappa shape index (κ1) is 26.2. The highest BCUT2D eigenvalue weighted by Gasteiger charge is 2.29. The van der Waals surface area contributed by atoms with Gasteiger partial charge in [-0.15, -0.1) is 0 Å². The van der Waals surface area contributed by atoms with Crippen LogP contribution in [0, 0.1) is 0 Å². The summed E-state index contributed by atoms with van der Waals surface area (Å²) in [4.78, 5) is 7.41. The number of fused-ring (bicyclic) bond motifs is 3. The molecule has 0 amide bonds. The third-order valence-electron chi connectivity index (χ3n) is 8.81. The number of anilines is 3. The molecule has 0 fully saturated rings. The Labute approximate surface area is 267 Å². The minimum absolute atomic E-state index is 0.641. The lowest BCUT2D eigenvalue weighted by atomic mass is 10.0. The number of nitrogens with zero attached hydrogens (tertiary/aromatic N) is 2. The van der Waals surface area contributed by atoms with Crippen LogP contribution < -0.4 is 4.90 Å². The van der Waals surface area contributed by atoms with E-state index in [2.05, 4.69) is 144 Å². The zero-order chi connectivity index (χ0) is 30.5. The van der Waals surface area contributed by atoms with E-state index in [9.17, 15) is 0 Å². The van der Waals surface area contributed by atoms with Gasteiger partial charge in [-0.3, -0.25) is 0 Å². The molecule has 3 heteroatoms. The van der Waals surface area contributed by atoms with Gasteiger partial charge in [-0.25, -0.2) is 4.98 Å². The van der Waals surface area contributed by atoms with Crippen LogP contribution >= 0.6 is 0 Å². The van der Waals surface area contributed by atoms with Gasteiger partial charge in [0.1, 0.15) is 5.69 Å². The van der Waals surface area contributed by atoms with Gasteiger partial charge in [-0.05, 0) is 76.2 Å². The summed E-state index contributed by atoms with van der Waals surface area (Å²) < 4.78 is 6.45. The number of aromatic nitrogens is 1. The molecule has 9 rings (SSSR count). The molecule has 0 unspecified atom stereocenters. The molecule has 1 heterocycles. The fourth-order valence-electron chi connectivity index (χ4n) is 6.64. The van der Waals surface area contributed by atoms with Crippen molar-refractivity contribution in [1.82, 2.24) is 4.98 Å². The molecule has 1 aromatic heterocycles. The molecule has 0 saturated heterocycles. The molecule has 7 aromatic carbocycles. The van der Waals surface area contributed by atoms with Crippen molar-refractivity contribution in [2.75, 3.05) is 4.90 Å². The number of benzene rings is 7. The molecule has 0 saturated carbocycles. The van der Waals surface area contributed by atoms with Crippen LogP contribution in [0.1, 0.15) is 0 Å².